The van der Waals surface area contributed by atoms with Gasteiger partial charge in [0.25, 0.3) is 0 Å². The van der Waals surface area contributed by atoms with Crippen LogP contribution in [0.1, 0.15) is 90.9 Å². The van der Waals surface area contributed by atoms with Crippen LogP contribution in [0.3, 0.4) is 0 Å². The van der Waals surface area contributed by atoms with E-state index in [0.29, 0.717) is 5.92 Å². The summed E-state index contributed by atoms with van der Waals surface area (Å²) in [7, 11) is 1.91. The van der Waals surface area contributed by atoms with E-state index in [1.807, 2.05) is 7.05 Å². The lowest BCUT2D eigenvalue weighted by Crippen LogP contribution is -2.34. The van der Waals surface area contributed by atoms with Crippen LogP contribution in [0.2, 0.25) is 0 Å². The maximum atomic E-state index is 9.20. The van der Waals surface area contributed by atoms with Crippen LogP contribution in [-0.2, 0) is 0 Å². The Balaban J connectivity index is 3.29. The van der Waals surface area contributed by atoms with E-state index in [4.69, 9.17) is 0 Å². The fraction of sp³-hybridized carbons (Fsp3) is 0.900. The fourth-order valence-electron chi connectivity index (χ4n) is 2.89. The van der Waals surface area contributed by atoms with Gasteiger partial charge in [0, 0.05) is 6.04 Å². The Morgan fingerprint density at radius 2 is 1.36 bits per heavy atom. The molecule has 0 bridgehead atoms. The Hall–Kier alpha value is -0.340. The standard InChI is InChI=1S/C20H41NO/c1-4-5-6-7-8-9-10-11-12-13-14-15-16-17-19(2)20(18-22)21-3/h16-17,19-22H,4-15,18H2,1-3H3/b17-16-. The molecule has 0 radical (unpaired) electrons. The normalized spacial score (nSPS) is 14.5. The van der Waals surface area contributed by atoms with Gasteiger partial charge in [0.2, 0.25) is 0 Å². The summed E-state index contributed by atoms with van der Waals surface area (Å²) in [6.07, 6.45) is 21.2. The Bertz CT molecular complexity index is 236. The van der Waals surface area contributed by atoms with Crippen LogP contribution < -0.4 is 5.32 Å². The molecule has 0 aliphatic rings. The van der Waals surface area contributed by atoms with Gasteiger partial charge in [-0.05, 0) is 25.8 Å². The van der Waals surface area contributed by atoms with E-state index in [9.17, 15) is 5.11 Å². The lowest BCUT2D eigenvalue weighted by Gasteiger charge is -2.17. The van der Waals surface area contributed by atoms with Gasteiger partial charge in [-0.3, -0.25) is 0 Å². The predicted molar refractivity (Wildman–Crippen MR) is 99.3 cm³/mol. The molecule has 0 spiro atoms. The average molecular weight is 312 g/mol. The molecule has 0 fully saturated rings. The summed E-state index contributed by atoms with van der Waals surface area (Å²) >= 11 is 0. The lowest BCUT2D eigenvalue weighted by molar-refractivity contribution is 0.226. The first kappa shape index (κ1) is 21.7. The maximum absolute atomic E-state index is 9.20. The zero-order valence-corrected chi connectivity index (χ0v) is 15.4. The monoisotopic (exact) mass is 311 g/mol. The van der Waals surface area contributed by atoms with Crippen LogP contribution in [0.4, 0.5) is 0 Å². The third-order valence-corrected chi connectivity index (χ3v) is 4.62. The third-order valence-electron chi connectivity index (χ3n) is 4.62. The molecule has 0 aromatic carbocycles. The molecule has 0 aliphatic heterocycles. The number of aliphatic hydroxyl groups is 1. The molecule has 2 nitrogen and oxygen atoms in total. The molecule has 0 rings (SSSR count). The molecule has 22 heavy (non-hydrogen) atoms. The van der Waals surface area contributed by atoms with Gasteiger partial charge in [-0.25, -0.2) is 0 Å². The van der Waals surface area contributed by atoms with Crippen molar-refractivity contribution in [3.8, 4) is 0 Å². The first-order valence-electron chi connectivity index (χ1n) is 9.71. The minimum absolute atomic E-state index is 0.188. The largest absolute Gasteiger partial charge is 0.395 e. The van der Waals surface area contributed by atoms with Crippen molar-refractivity contribution in [2.45, 2.75) is 96.9 Å². The van der Waals surface area contributed by atoms with Crippen LogP contribution in [0, 0.1) is 5.92 Å². The van der Waals surface area contributed by atoms with Gasteiger partial charge in [-0.1, -0.05) is 90.2 Å². The smallest absolute Gasteiger partial charge is 0.0590 e. The molecule has 0 heterocycles. The van der Waals surface area contributed by atoms with E-state index in [1.54, 1.807) is 0 Å². The Labute approximate surface area is 139 Å². The highest BCUT2D eigenvalue weighted by Gasteiger charge is 2.10. The number of hydrogen-bond acceptors (Lipinski definition) is 2. The van der Waals surface area contributed by atoms with E-state index in [1.165, 1.54) is 77.0 Å². The quantitative estimate of drug-likeness (QED) is 0.293. The first-order chi connectivity index (χ1) is 10.8. The van der Waals surface area contributed by atoms with Gasteiger partial charge in [-0.15, -0.1) is 0 Å². The number of hydrogen-bond donors (Lipinski definition) is 2. The van der Waals surface area contributed by atoms with Gasteiger partial charge in [0.05, 0.1) is 6.61 Å². The van der Waals surface area contributed by atoms with E-state index < -0.39 is 0 Å². The highest BCUT2D eigenvalue weighted by Crippen LogP contribution is 2.12. The molecule has 0 saturated carbocycles. The molecule has 0 aromatic rings. The summed E-state index contributed by atoms with van der Waals surface area (Å²) < 4.78 is 0. The van der Waals surface area contributed by atoms with Crippen molar-refractivity contribution in [1.29, 1.82) is 0 Å². The molecule has 0 saturated heterocycles. The highest BCUT2D eigenvalue weighted by atomic mass is 16.3. The van der Waals surface area contributed by atoms with Crippen molar-refractivity contribution in [1.82, 2.24) is 5.32 Å². The Morgan fingerprint density at radius 3 is 1.82 bits per heavy atom. The minimum atomic E-state index is 0.188. The summed E-state index contributed by atoms with van der Waals surface area (Å²) in [5.41, 5.74) is 0. The summed E-state index contributed by atoms with van der Waals surface area (Å²) in [6, 6.07) is 0.188. The second-order valence-electron chi connectivity index (χ2n) is 6.69. The van der Waals surface area contributed by atoms with E-state index in [-0.39, 0.29) is 12.6 Å². The number of allylic oxidation sites excluding steroid dienone is 1. The second kappa shape index (κ2) is 17.0. The minimum Gasteiger partial charge on any atom is -0.395 e. The van der Waals surface area contributed by atoms with Gasteiger partial charge < -0.3 is 10.4 Å². The van der Waals surface area contributed by atoms with Crippen LogP contribution in [-0.4, -0.2) is 24.8 Å². The molecule has 2 N–H and O–H groups in total. The van der Waals surface area contributed by atoms with Crippen molar-refractivity contribution in [2.75, 3.05) is 13.7 Å². The zero-order valence-electron chi connectivity index (χ0n) is 15.4. The van der Waals surface area contributed by atoms with E-state index in [0.717, 1.165) is 0 Å². The molecule has 2 atom stereocenters. The van der Waals surface area contributed by atoms with Gasteiger partial charge in [0.1, 0.15) is 0 Å². The summed E-state index contributed by atoms with van der Waals surface area (Å²) in [6.45, 7) is 4.65. The molecule has 2 heteroatoms. The average Bonchev–Trinajstić information content (AvgIpc) is 2.53. The molecule has 0 amide bonds. The lowest BCUT2D eigenvalue weighted by atomic mass is 10.0. The van der Waals surface area contributed by atoms with Crippen molar-refractivity contribution < 1.29 is 5.11 Å². The molecule has 0 aromatic heterocycles. The molecule has 2 unspecified atom stereocenters. The number of likely N-dealkylation sites (N-methyl/N-ethyl adjacent to an activating group) is 1. The SMILES string of the molecule is CCCCCCCCCCCCC/C=C\C(C)C(CO)NC. The topological polar surface area (TPSA) is 32.3 Å². The Morgan fingerprint density at radius 1 is 0.864 bits per heavy atom. The first-order valence-corrected chi connectivity index (χ1v) is 9.71. The van der Waals surface area contributed by atoms with E-state index >= 15 is 0 Å². The fourth-order valence-corrected chi connectivity index (χ4v) is 2.89. The van der Waals surface area contributed by atoms with Crippen molar-refractivity contribution in [3.05, 3.63) is 12.2 Å². The molecule has 0 aliphatic carbocycles. The zero-order chi connectivity index (χ0) is 16.5. The molecular formula is C20H41NO. The highest BCUT2D eigenvalue weighted by molar-refractivity contribution is 4.91. The molecule has 132 valence electrons. The van der Waals surface area contributed by atoms with Crippen LogP contribution in [0.5, 0.6) is 0 Å². The van der Waals surface area contributed by atoms with Gasteiger partial charge in [0.15, 0.2) is 0 Å². The van der Waals surface area contributed by atoms with Crippen molar-refractivity contribution >= 4 is 0 Å². The van der Waals surface area contributed by atoms with E-state index in [2.05, 4.69) is 31.3 Å². The number of unbranched alkanes of at least 4 members (excludes halogenated alkanes) is 11. The number of rotatable bonds is 16. The summed E-state index contributed by atoms with van der Waals surface area (Å²) in [5.74, 6) is 0.405. The van der Waals surface area contributed by atoms with Crippen LogP contribution in [0.25, 0.3) is 0 Å². The molecular weight excluding hydrogens is 270 g/mol. The predicted octanol–water partition coefficient (Wildman–Crippen LogP) is 5.46. The van der Waals surface area contributed by atoms with Crippen molar-refractivity contribution in [2.24, 2.45) is 5.92 Å². The second-order valence-corrected chi connectivity index (χ2v) is 6.69. The van der Waals surface area contributed by atoms with Crippen LogP contribution >= 0.6 is 0 Å². The maximum Gasteiger partial charge on any atom is 0.0590 e. The van der Waals surface area contributed by atoms with Gasteiger partial charge in [-0.2, -0.15) is 0 Å². The van der Waals surface area contributed by atoms with Crippen molar-refractivity contribution in [3.63, 3.8) is 0 Å². The summed E-state index contributed by atoms with van der Waals surface area (Å²) in [5, 5.41) is 12.4. The number of nitrogens with one attached hydrogen (secondary N) is 1. The van der Waals surface area contributed by atoms with Gasteiger partial charge >= 0.3 is 0 Å². The summed E-state index contributed by atoms with van der Waals surface area (Å²) in [4.78, 5) is 0. The number of aliphatic hydroxyl groups excluding tert-OH is 1. The third kappa shape index (κ3) is 13.3. The Kier molecular flexibility index (Phi) is 16.8. The van der Waals surface area contributed by atoms with Crippen LogP contribution in [0.15, 0.2) is 12.2 Å².